The Kier molecular flexibility index (Phi) is 4.73. The van der Waals surface area contributed by atoms with E-state index in [0.29, 0.717) is 10.8 Å². The van der Waals surface area contributed by atoms with E-state index < -0.39 is 0 Å². The van der Waals surface area contributed by atoms with Crippen molar-refractivity contribution in [2.45, 2.75) is 58.4 Å². The van der Waals surface area contributed by atoms with Gasteiger partial charge in [0.05, 0.1) is 10.8 Å². The number of benzene rings is 6. The molecule has 0 atom stereocenters. The highest BCUT2D eigenvalue weighted by Crippen LogP contribution is 2.46. The van der Waals surface area contributed by atoms with Crippen LogP contribution < -0.4 is 11.1 Å². The van der Waals surface area contributed by atoms with Crippen LogP contribution in [0.5, 0.6) is 0 Å². The standard InChI is InChI=1S/C33H29NO2/c1-3-5-11-21(12-6-4-2)34-32(35)30-24-17-15-19-9-7-13-22-23-14-8-10-20-16-18-25(31(30)33(34)36)29(27(20)23)28(24)26(19)22/h7-10,13-18,21H,3-6,11-12H2,1-2H3. The molecule has 0 unspecified atom stereocenters. The predicted octanol–water partition coefficient (Wildman–Crippen LogP) is 8.36. The highest BCUT2D eigenvalue weighted by atomic mass is 16.2. The maximum Gasteiger partial charge on any atom is 0.262 e. The minimum Gasteiger partial charge on any atom is -0.271 e. The first-order valence-corrected chi connectivity index (χ1v) is 13.4. The number of hydrogen-bond acceptors (Lipinski definition) is 2. The zero-order valence-corrected chi connectivity index (χ0v) is 20.9. The fourth-order valence-electron chi connectivity index (χ4n) is 6.80. The molecular formula is C33H29NO2. The molecule has 7 rings (SSSR count). The second kappa shape index (κ2) is 7.89. The second-order valence-corrected chi connectivity index (χ2v) is 10.5. The van der Waals surface area contributed by atoms with Crippen LogP contribution in [0.4, 0.5) is 0 Å². The minimum absolute atomic E-state index is 0.0421. The third-order valence-electron chi connectivity index (χ3n) is 8.43. The summed E-state index contributed by atoms with van der Waals surface area (Å²) in [6, 6.07) is 21.3. The molecule has 0 bridgehead atoms. The van der Waals surface area contributed by atoms with E-state index in [0.717, 1.165) is 60.1 Å². The molecule has 0 saturated carbocycles. The Morgan fingerprint density at radius 2 is 1.03 bits per heavy atom. The van der Waals surface area contributed by atoms with E-state index in [9.17, 15) is 9.59 Å². The molecule has 0 N–H and O–H groups in total. The lowest BCUT2D eigenvalue weighted by Gasteiger charge is -2.18. The Labute approximate surface area is 209 Å². The van der Waals surface area contributed by atoms with Gasteiger partial charge in [-0.05, 0) is 66.7 Å². The van der Waals surface area contributed by atoms with Gasteiger partial charge in [-0.2, -0.15) is 0 Å². The van der Waals surface area contributed by atoms with Gasteiger partial charge in [0.25, 0.3) is 11.1 Å². The van der Waals surface area contributed by atoms with Gasteiger partial charge in [0.1, 0.15) is 0 Å². The highest BCUT2D eigenvalue weighted by molar-refractivity contribution is 6.44. The van der Waals surface area contributed by atoms with Crippen molar-refractivity contribution >= 4 is 64.6 Å². The highest BCUT2D eigenvalue weighted by Gasteiger charge is 2.27. The van der Waals surface area contributed by atoms with E-state index in [4.69, 9.17) is 0 Å². The Morgan fingerprint density at radius 3 is 1.47 bits per heavy atom. The maximum atomic E-state index is 14.1. The van der Waals surface area contributed by atoms with E-state index >= 15 is 0 Å². The summed E-state index contributed by atoms with van der Waals surface area (Å²) in [5.74, 6) is 0. The Balaban J connectivity index is 1.73. The summed E-state index contributed by atoms with van der Waals surface area (Å²) in [6.45, 7) is 4.34. The normalized spacial score (nSPS) is 12.8. The van der Waals surface area contributed by atoms with E-state index in [2.05, 4.69) is 74.5 Å². The largest absolute Gasteiger partial charge is 0.271 e. The molecule has 0 aliphatic carbocycles. The Morgan fingerprint density at radius 1 is 0.556 bits per heavy atom. The number of rotatable bonds is 7. The van der Waals surface area contributed by atoms with Crippen molar-refractivity contribution in [3.05, 3.63) is 81.4 Å². The molecule has 0 fully saturated rings. The quantitative estimate of drug-likeness (QED) is 0.173. The Hall–Kier alpha value is -3.72. The molecule has 1 aromatic heterocycles. The molecule has 0 radical (unpaired) electrons. The molecule has 0 aliphatic heterocycles. The van der Waals surface area contributed by atoms with Crippen molar-refractivity contribution in [1.82, 2.24) is 4.57 Å². The molecule has 0 spiro atoms. The number of hydrogen-bond donors (Lipinski definition) is 0. The van der Waals surface area contributed by atoms with Crippen LogP contribution in [0.15, 0.2) is 70.3 Å². The molecular weight excluding hydrogens is 442 g/mol. The fraction of sp³-hybridized carbons (Fsp3) is 0.273. The van der Waals surface area contributed by atoms with Crippen LogP contribution in [-0.4, -0.2) is 4.57 Å². The van der Waals surface area contributed by atoms with Crippen molar-refractivity contribution in [2.24, 2.45) is 0 Å². The van der Waals surface area contributed by atoms with Crippen molar-refractivity contribution in [2.75, 3.05) is 0 Å². The predicted molar refractivity (Wildman–Crippen MR) is 154 cm³/mol. The topological polar surface area (TPSA) is 39.1 Å². The van der Waals surface area contributed by atoms with Crippen LogP contribution in [0, 0.1) is 0 Å². The summed E-state index contributed by atoms with van der Waals surface area (Å²) in [7, 11) is 0. The van der Waals surface area contributed by atoms with Crippen LogP contribution in [0.3, 0.4) is 0 Å². The van der Waals surface area contributed by atoms with Crippen molar-refractivity contribution in [3.8, 4) is 0 Å². The number of aromatic nitrogens is 1. The van der Waals surface area contributed by atoms with Crippen molar-refractivity contribution in [3.63, 3.8) is 0 Å². The lowest BCUT2D eigenvalue weighted by atomic mass is 9.84. The van der Waals surface area contributed by atoms with Gasteiger partial charge in [-0.15, -0.1) is 0 Å². The van der Waals surface area contributed by atoms with Gasteiger partial charge in [0.2, 0.25) is 0 Å². The van der Waals surface area contributed by atoms with Gasteiger partial charge >= 0.3 is 0 Å². The molecule has 0 aliphatic rings. The molecule has 3 heteroatoms. The first kappa shape index (κ1) is 21.6. The summed E-state index contributed by atoms with van der Waals surface area (Å²) in [6.07, 6.45) is 5.90. The van der Waals surface area contributed by atoms with Crippen LogP contribution in [-0.2, 0) is 0 Å². The maximum absolute atomic E-state index is 14.1. The van der Waals surface area contributed by atoms with Crippen LogP contribution in [0.1, 0.15) is 58.4 Å². The summed E-state index contributed by atoms with van der Waals surface area (Å²) in [5, 5.41) is 12.5. The average Bonchev–Trinajstić information content (AvgIpc) is 3.17. The summed E-state index contributed by atoms with van der Waals surface area (Å²) in [5.41, 5.74) is -0.213. The molecule has 3 nitrogen and oxygen atoms in total. The second-order valence-electron chi connectivity index (χ2n) is 10.5. The SMILES string of the molecule is CCCCC(CCCC)n1c(=O)c2c3ccc4cccc5c6cccc7ccc(c2c1=O)c(c76)c3c45. The van der Waals surface area contributed by atoms with Gasteiger partial charge in [-0.1, -0.05) is 100 Å². The Bertz CT molecular complexity index is 1870. The molecule has 36 heavy (non-hydrogen) atoms. The third kappa shape index (κ3) is 2.69. The molecule has 7 aromatic rings. The average molecular weight is 472 g/mol. The van der Waals surface area contributed by atoms with Crippen molar-refractivity contribution < 1.29 is 0 Å². The summed E-state index contributed by atoms with van der Waals surface area (Å²) >= 11 is 0. The van der Waals surface area contributed by atoms with Crippen LogP contribution in [0.2, 0.25) is 0 Å². The lowest BCUT2D eigenvalue weighted by Crippen LogP contribution is -2.30. The zero-order chi connectivity index (χ0) is 24.6. The monoisotopic (exact) mass is 471 g/mol. The number of fused-ring (bicyclic) bond motifs is 4. The van der Waals surface area contributed by atoms with E-state index in [1.54, 1.807) is 4.57 Å². The van der Waals surface area contributed by atoms with Gasteiger partial charge in [0, 0.05) is 6.04 Å². The van der Waals surface area contributed by atoms with Crippen LogP contribution in [0.25, 0.3) is 64.6 Å². The number of unbranched alkanes of at least 4 members (excludes halogenated alkanes) is 2. The van der Waals surface area contributed by atoms with Gasteiger partial charge in [-0.25, -0.2) is 0 Å². The fourth-order valence-corrected chi connectivity index (χ4v) is 6.80. The zero-order valence-electron chi connectivity index (χ0n) is 20.9. The van der Waals surface area contributed by atoms with E-state index in [1.165, 1.54) is 32.3 Å². The third-order valence-corrected chi connectivity index (χ3v) is 8.43. The molecule has 6 aromatic carbocycles. The molecule has 1 heterocycles. The van der Waals surface area contributed by atoms with E-state index in [-0.39, 0.29) is 17.2 Å². The van der Waals surface area contributed by atoms with Gasteiger partial charge < -0.3 is 0 Å². The van der Waals surface area contributed by atoms with Crippen molar-refractivity contribution in [1.29, 1.82) is 0 Å². The first-order chi connectivity index (χ1) is 17.7. The molecule has 0 saturated heterocycles. The molecule has 178 valence electrons. The van der Waals surface area contributed by atoms with Gasteiger partial charge in [-0.3, -0.25) is 14.2 Å². The number of nitrogens with zero attached hydrogens (tertiary/aromatic N) is 1. The summed E-state index contributed by atoms with van der Waals surface area (Å²) in [4.78, 5) is 28.3. The summed E-state index contributed by atoms with van der Waals surface area (Å²) < 4.78 is 1.62. The molecule has 0 amide bonds. The first-order valence-electron chi connectivity index (χ1n) is 13.4. The van der Waals surface area contributed by atoms with E-state index in [1.807, 2.05) is 0 Å². The smallest absolute Gasteiger partial charge is 0.262 e. The van der Waals surface area contributed by atoms with Gasteiger partial charge in [0.15, 0.2) is 0 Å². The minimum atomic E-state index is -0.107. The lowest BCUT2D eigenvalue weighted by molar-refractivity contribution is 0.396. The van der Waals surface area contributed by atoms with Crippen LogP contribution >= 0.6 is 0 Å².